The summed E-state index contributed by atoms with van der Waals surface area (Å²) in [6, 6.07) is 17.3. The Morgan fingerprint density at radius 1 is 1.06 bits per heavy atom. The first-order valence-corrected chi connectivity index (χ1v) is 10.5. The molecule has 5 rings (SSSR count). The van der Waals surface area contributed by atoms with Crippen LogP contribution in [0.1, 0.15) is 36.2 Å². The fraction of sp³-hybridized carbons (Fsp3) is 0.208. The zero-order chi connectivity index (χ0) is 21.4. The van der Waals surface area contributed by atoms with Crippen LogP contribution >= 0.6 is 0 Å². The number of urea groups is 1. The average molecular weight is 412 g/mol. The number of hydrogen-bond acceptors (Lipinski definition) is 4. The second-order valence-electron chi connectivity index (χ2n) is 7.85. The molecule has 0 unspecified atom stereocenters. The third-order valence-corrected chi connectivity index (χ3v) is 5.85. The number of nitrogens with zero attached hydrogens (tertiary/aromatic N) is 3. The molecule has 1 aliphatic carbocycles. The van der Waals surface area contributed by atoms with Gasteiger partial charge in [-0.05, 0) is 61.6 Å². The van der Waals surface area contributed by atoms with Gasteiger partial charge in [0.25, 0.3) is 0 Å². The molecule has 0 saturated carbocycles. The number of fused-ring (bicyclic) bond motifs is 3. The van der Waals surface area contributed by atoms with Crippen LogP contribution in [0.2, 0.25) is 0 Å². The van der Waals surface area contributed by atoms with Crippen molar-refractivity contribution in [2.45, 2.75) is 32.2 Å². The van der Waals surface area contributed by atoms with Crippen molar-refractivity contribution in [3.8, 4) is 5.69 Å². The van der Waals surface area contributed by atoms with Crippen molar-refractivity contribution in [1.29, 1.82) is 0 Å². The van der Waals surface area contributed by atoms with Crippen LogP contribution in [0.5, 0.6) is 0 Å². The zero-order valence-corrected chi connectivity index (χ0v) is 17.3. The molecule has 2 amide bonds. The van der Waals surface area contributed by atoms with Crippen LogP contribution < -0.4 is 16.4 Å². The Morgan fingerprint density at radius 3 is 2.61 bits per heavy atom. The number of hydrogen-bond donors (Lipinski definition) is 3. The van der Waals surface area contributed by atoms with Crippen molar-refractivity contribution < 1.29 is 4.79 Å². The van der Waals surface area contributed by atoms with E-state index < -0.39 is 0 Å². The smallest absolute Gasteiger partial charge is 0.319 e. The van der Waals surface area contributed by atoms with Gasteiger partial charge in [0.15, 0.2) is 5.82 Å². The van der Waals surface area contributed by atoms with Crippen molar-refractivity contribution >= 4 is 28.6 Å². The maximum atomic E-state index is 12.4. The summed E-state index contributed by atoms with van der Waals surface area (Å²) in [5.41, 5.74) is 13.3. The Morgan fingerprint density at radius 2 is 1.84 bits per heavy atom. The summed E-state index contributed by atoms with van der Waals surface area (Å²) in [5, 5.41) is 5.87. The van der Waals surface area contributed by atoms with E-state index in [0.29, 0.717) is 5.82 Å². The highest BCUT2D eigenvalue weighted by molar-refractivity contribution is 5.92. The van der Waals surface area contributed by atoms with E-state index in [4.69, 9.17) is 5.73 Å². The van der Waals surface area contributed by atoms with Crippen molar-refractivity contribution in [2.75, 3.05) is 11.1 Å². The van der Waals surface area contributed by atoms with Crippen LogP contribution in [0.25, 0.3) is 16.7 Å². The van der Waals surface area contributed by atoms with E-state index >= 15 is 0 Å². The molecular formula is C24H24N6O. The van der Waals surface area contributed by atoms with E-state index in [1.54, 1.807) is 0 Å². The monoisotopic (exact) mass is 412 g/mol. The van der Waals surface area contributed by atoms with E-state index in [1.807, 2.05) is 61.5 Å². The van der Waals surface area contributed by atoms with Gasteiger partial charge in [-0.25, -0.2) is 14.8 Å². The number of amides is 2. The Labute approximate surface area is 180 Å². The Bertz CT molecular complexity index is 1250. The van der Waals surface area contributed by atoms with Gasteiger partial charge in [0.05, 0.1) is 11.6 Å². The molecule has 1 atom stereocenters. The fourth-order valence-electron chi connectivity index (χ4n) is 4.37. The number of nitrogens with two attached hydrogens (primary N) is 1. The summed E-state index contributed by atoms with van der Waals surface area (Å²) in [6.45, 7) is 1.96. The summed E-state index contributed by atoms with van der Waals surface area (Å²) in [6.07, 6.45) is 4.65. The lowest BCUT2D eigenvalue weighted by molar-refractivity contribution is 0.249. The first-order chi connectivity index (χ1) is 15.1. The molecule has 0 fully saturated rings. The number of benzene rings is 2. The molecule has 0 spiro atoms. The number of nitrogen functional groups attached to an aromatic ring is 1. The molecule has 2 heterocycles. The number of aromatic nitrogens is 3. The molecule has 0 radical (unpaired) electrons. The minimum atomic E-state index is -0.242. The lowest BCUT2D eigenvalue weighted by atomic mass is 10.1. The highest BCUT2D eigenvalue weighted by atomic mass is 16.2. The molecule has 4 aromatic rings. The van der Waals surface area contributed by atoms with Crippen molar-refractivity contribution in [3.63, 3.8) is 0 Å². The summed E-state index contributed by atoms with van der Waals surface area (Å²) in [7, 11) is 0. The van der Waals surface area contributed by atoms with Crippen LogP contribution in [0.15, 0.2) is 60.9 Å². The van der Waals surface area contributed by atoms with Gasteiger partial charge < -0.3 is 20.9 Å². The van der Waals surface area contributed by atoms with Gasteiger partial charge in [-0.3, -0.25) is 0 Å². The maximum Gasteiger partial charge on any atom is 0.319 e. The molecular weight excluding hydrogens is 388 g/mol. The van der Waals surface area contributed by atoms with E-state index in [-0.39, 0.29) is 12.1 Å². The molecule has 31 heavy (non-hydrogen) atoms. The van der Waals surface area contributed by atoms with Crippen molar-refractivity contribution in [3.05, 3.63) is 77.7 Å². The second kappa shape index (κ2) is 7.75. The molecule has 0 aliphatic heterocycles. The van der Waals surface area contributed by atoms with Gasteiger partial charge in [-0.15, -0.1) is 0 Å². The lowest BCUT2D eigenvalue weighted by Gasteiger charge is -2.15. The number of aryl methyl sites for hydroxylation is 1. The summed E-state index contributed by atoms with van der Waals surface area (Å²) < 4.78 is 2.16. The largest absolute Gasteiger partial charge is 0.382 e. The van der Waals surface area contributed by atoms with Crippen molar-refractivity contribution in [1.82, 2.24) is 19.9 Å². The van der Waals surface area contributed by atoms with E-state index in [1.165, 1.54) is 17.6 Å². The summed E-state index contributed by atoms with van der Waals surface area (Å²) >= 11 is 0. The Kier molecular flexibility index (Phi) is 4.78. The van der Waals surface area contributed by atoms with Gasteiger partial charge >= 0.3 is 6.03 Å². The third kappa shape index (κ3) is 3.48. The molecule has 156 valence electrons. The predicted molar refractivity (Wildman–Crippen MR) is 122 cm³/mol. The molecule has 1 aliphatic rings. The summed E-state index contributed by atoms with van der Waals surface area (Å²) in [4.78, 5) is 21.1. The number of carbonyl (C=O) groups is 1. The fourth-order valence-corrected chi connectivity index (χ4v) is 4.37. The molecule has 4 N–H and O–H groups in total. The van der Waals surface area contributed by atoms with Crippen LogP contribution in [0.4, 0.5) is 16.3 Å². The molecule has 7 nitrogen and oxygen atoms in total. The van der Waals surface area contributed by atoms with Gasteiger partial charge in [0.2, 0.25) is 0 Å². The van der Waals surface area contributed by atoms with E-state index in [2.05, 4.69) is 25.2 Å². The number of nitrogens with one attached hydrogen (secondary N) is 2. The number of anilines is 2. The standard InChI is InChI=1S/C24H24N6O/c1-15(16-6-3-2-4-7-16)28-24(31)29-17-10-12-18(13-11-17)30-20-9-5-8-19(20)21-22(30)23(25)27-14-26-21/h2-4,6-7,10-15H,5,8-9H2,1H3,(H2,25,26,27)(H2,28,29,31)/t15-/m1/s1. The van der Waals surface area contributed by atoms with Crippen molar-refractivity contribution in [2.24, 2.45) is 0 Å². The quantitative estimate of drug-likeness (QED) is 0.463. The SMILES string of the molecule is C[C@@H](NC(=O)Nc1ccc(-n2c3c(c4ncnc(N)c42)CCC3)cc1)c1ccccc1. The molecule has 2 aromatic heterocycles. The topological polar surface area (TPSA) is 97.9 Å². The Balaban J connectivity index is 1.37. The van der Waals surface area contributed by atoms with Gasteiger partial charge in [-0.2, -0.15) is 0 Å². The van der Waals surface area contributed by atoms with Crippen LogP contribution in [-0.4, -0.2) is 20.6 Å². The minimum Gasteiger partial charge on any atom is -0.382 e. The highest BCUT2D eigenvalue weighted by Gasteiger charge is 2.25. The van der Waals surface area contributed by atoms with Crippen LogP contribution in [0.3, 0.4) is 0 Å². The van der Waals surface area contributed by atoms with E-state index in [0.717, 1.165) is 47.2 Å². The molecule has 2 aromatic carbocycles. The molecule has 7 heteroatoms. The second-order valence-corrected chi connectivity index (χ2v) is 7.85. The predicted octanol–water partition coefficient (Wildman–Crippen LogP) is 4.37. The zero-order valence-electron chi connectivity index (χ0n) is 17.3. The highest BCUT2D eigenvalue weighted by Crippen LogP contribution is 2.36. The third-order valence-electron chi connectivity index (χ3n) is 5.85. The maximum absolute atomic E-state index is 12.4. The van der Waals surface area contributed by atoms with Gasteiger partial charge in [-0.1, -0.05) is 30.3 Å². The number of carbonyl (C=O) groups excluding carboxylic acids is 1. The normalized spacial score (nSPS) is 13.7. The van der Waals surface area contributed by atoms with Crippen LogP contribution in [-0.2, 0) is 12.8 Å². The average Bonchev–Trinajstić information content (AvgIpc) is 3.37. The minimum absolute atomic E-state index is 0.0859. The van der Waals surface area contributed by atoms with Gasteiger partial charge in [0.1, 0.15) is 11.8 Å². The van der Waals surface area contributed by atoms with Gasteiger partial charge in [0, 0.05) is 17.1 Å². The first-order valence-electron chi connectivity index (χ1n) is 10.5. The molecule has 0 saturated heterocycles. The number of rotatable bonds is 4. The first kappa shape index (κ1) is 19.1. The Hall–Kier alpha value is -3.87. The van der Waals surface area contributed by atoms with E-state index in [9.17, 15) is 4.79 Å². The molecule has 0 bridgehead atoms. The lowest BCUT2D eigenvalue weighted by Crippen LogP contribution is -2.31. The van der Waals surface area contributed by atoms with Crippen LogP contribution in [0, 0.1) is 0 Å². The summed E-state index contributed by atoms with van der Waals surface area (Å²) in [5.74, 6) is 0.482.